The summed E-state index contributed by atoms with van der Waals surface area (Å²) in [6, 6.07) is 12.6. The van der Waals surface area contributed by atoms with Crippen LogP contribution >= 0.6 is 0 Å². The third-order valence-corrected chi connectivity index (χ3v) is 12.3. The number of aromatic nitrogens is 1. The van der Waals surface area contributed by atoms with Crippen LogP contribution in [-0.2, 0) is 44.3 Å². The van der Waals surface area contributed by atoms with Crippen LogP contribution in [0.2, 0.25) is 12.1 Å². The molecule has 1 aromatic carbocycles. The van der Waals surface area contributed by atoms with Gasteiger partial charge in [0.2, 0.25) is 5.91 Å². The van der Waals surface area contributed by atoms with Crippen LogP contribution in [0.5, 0.6) is 0 Å². The molecule has 41 heavy (non-hydrogen) atoms. The average molecular weight is 609 g/mol. The van der Waals surface area contributed by atoms with Gasteiger partial charge in [0.1, 0.15) is 0 Å². The monoisotopic (exact) mass is 608 g/mol. The number of carbonyl (C=O) groups is 2. The number of benzene rings is 1. The van der Waals surface area contributed by atoms with Gasteiger partial charge < -0.3 is 42.5 Å². The lowest BCUT2D eigenvalue weighted by Gasteiger charge is -2.24. The van der Waals surface area contributed by atoms with Crippen molar-refractivity contribution in [3.05, 3.63) is 53.9 Å². The second-order valence-electron chi connectivity index (χ2n) is 9.17. The molecule has 228 valence electrons. The summed E-state index contributed by atoms with van der Waals surface area (Å²) in [7, 11) is 4.14. The van der Waals surface area contributed by atoms with Crippen LogP contribution in [0.25, 0.3) is 11.1 Å². The SMILES string of the molecule is CO[Si](CCCNC(=O)Cc1cccc(-c2ccnc(CNC(=O)NCCC[Si](OC)(OC)OC)c2)c1)(OC)OC. The lowest BCUT2D eigenvalue weighted by molar-refractivity contribution is -0.120. The van der Waals surface area contributed by atoms with Crippen molar-refractivity contribution in [3.8, 4) is 11.1 Å². The molecule has 3 amide bonds. The van der Waals surface area contributed by atoms with E-state index in [4.69, 9.17) is 26.6 Å². The minimum Gasteiger partial charge on any atom is -0.377 e. The smallest absolute Gasteiger partial charge is 0.377 e. The molecular formula is C27H44N4O8Si2. The predicted octanol–water partition coefficient (Wildman–Crippen LogP) is 2.74. The Kier molecular flexibility index (Phi) is 15.1. The van der Waals surface area contributed by atoms with Crippen LogP contribution in [-0.4, -0.2) is 90.3 Å². The average Bonchev–Trinajstić information content (AvgIpc) is 3.01. The third-order valence-electron chi connectivity index (χ3n) is 6.66. The zero-order chi connectivity index (χ0) is 30.1. The highest BCUT2D eigenvalue weighted by Gasteiger charge is 2.37. The van der Waals surface area contributed by atoms with E-state index in [1.807, 2.05) is 36.4 Å². The van der Waals surface area contributed by atoms with Gasteiger partial charge >= 0.3 is 23.6 Å². The summed E-state index contributed by atoms with van der Waals surface area (Å²) in [6.45, 7) is 1.24. The molecule has 0 aliphatic carbocycles. The molecule has 2 aromatic rings. The van der Waals surface area contributed by atoms with Gasteiger partial charge in [-0.15, -0.1) is 0 Å². The summed E-state index contributed by atoms with van der Waals surface area (Å²) in [6.07, 6.45) is 3.32. The Bertz CT molecular complexity index is 1070. The highest BCUT2D eigenvalue weighted by atomic mass is 28.4. The molecule has 14 heteroatoms. The summed E-state index contributed by atoms with van der Waals surface area (Å²) in [5, 5.41) is 8.61. The van der Waals surface area contributed by atoms with Crippen molar-refractivity contribution in [2.75, 3.05) is 55.7 Å². The maximum Gasteiger partial charge on any atom is 0.500 e. The Morgan fingerprint density at radius 2 is 1.29 bits per heavy atom. The van der Waals surface area contributed by atoms with Gasteiger partial charge in [0.15, 0.2) is 0 Å². The van der Waals surface area contributed by atoms with Crippen molar-refractivity contribution < 1.29 is 36.1 Å². The maximum absolute atomic E-state index is 12.5. The molecule has 0 spiro atoms. The topological polar surface area (TPSA) is 138 Å². The quantitative estimate of drug-likeness (QED) is 0.162. The van der Waals surface area contributed by atoms with E-state index in [1.54, 1.807) is 48.9 Å². The van der Waals surface area contributed by atoms with E-state index in [0.717, 1.165) is 16.7 Å². The fourth-order valence-electron chi connectivity index (χ4n) is 4.25. The highest BCUT2D eigenvalue weighted by Crippen LogP contribution is 2.21. The molecule has 0 radical (unpaired) electrons. The number of nitrogens with zero attached hydrogens (tertiary/aromatic N) is 1. The van der Waals surface area contributed by atoms with Crippen LogP contribution in [0, 0.1) is 0 Å². The molecule has 0 bridgehead atoms. The van der Waals surface area contributed by atoms with Gasteiger partial charge in [0, 0.05) is 74.0 Å². The Balaban J connectivity index is 1.83. The molecule has 0 aliphatic heterocycles. The third kappa shape index (κ3) is 11.2. The Morgan fingerprint density at radius 3 is 1.88 bits per heavy atom. The first-order valence-electron chi connectivity index (χ1n) is 13.4. The number of hydrogen-bond donors (Lipinski definition) is 3. The number of carbonyl (C=O) groups excluding carboxylic acids is 2. The summed E-state index contributed by atoms with van der Waals surface area (Å²) < 4.78 is 32.4. The zero-order valence-electron chi connectivity index (χ0n) is 24.9. The van der Waals surface area contributed by atoms with Crippen molar-refractivity contribution >= 4 is 29.5 Å². The van der Waals surface area contributed by atoms with Gasteiger partial charge in [-0.1, -0.05) is 24.3 Å². The summed E-state index contributed by atoms with van der Waals surface area (Å²) >= 11 is 0. The first-order chi connectivity index (χ1) is 19.8. The van der Waals surface area contributed by atoms with E-state index in [9.17, 15) is 9.59 Å². The van der Waals surface area contributed by atoms with E-state index >= 15 is 0 Å². The number of hydrogen-bond acceptors (Lipinski definition) is 9. The molecule has 0 saturated heterocycles. The number of pyridine rings is 1. The molecule has 1 heterocycles. The lowest BCUT2D eigenvalue weighted by Crippen LogP contribution is -2.43. The predicted molar refractivity (Wildman–Crippen MR) is 159 cm³/mol. The second-order valence-corrected chi connectivity index (χ2v) is 15.4. The van der Waals surface area contributed by atoms with Crippen LogP contribution in [0.4, 0.5) is 4.79 Å². The zero-order valence-corrected chi connectivity index (χ0v) is 26.9. The Morgan fingerprint density at radius 1 is 0.732 bits per heavy atom. The van der Waals surface area contributed by atoms with Crippen molar-refractivity contribution in [2.45, 2.75) is 37.9 Å². The van der Waals surface area contributed by atoms with E-state index < -0.39 is 17.6 Å². The standard InChI is InChI=1S/C27H44N4O8Si2/c1-34-40(35-2,36-3)16-8-13-29-26(32)19-22-10-7-11-23(18-22)24-12-15-28-25(20-24)21-31-27(33)30-14-9-17-41(37-4,38-5)39-6/h7,10-12,15,18,20H,8-9,13-14,16-17,19,21H2,1-6H3,(H,29,32)(H2,30,31,33). The van der Waals surface area contributed by atoms with Gasteiger partial charge in [0.25, 0.3) is 0 Å². The number of urea groups is 1. The lowest BCUT2D eigenvalue weighted by atomic mass is 10.0. The van der Waals surface area contributed by atoms with Crippen LogP contribution in [0.1, 0.15) is 24.1 Å². The van der Waals surface area contributed by atoms with Crippen LogP contribution in [0.15, 0.2) is 42.6 Å². The number of nitrogens with one attached hydrogen (secondary N) is 3. The summed E-state index contributed by atoms with van der Waals surface area (Å²) in [5.41, 5.74) is 3.52. The largest absolute Gasteiger partial charge is 0.500 e. The molecule has 0 unspecified atom stereocenters. The minimum absolute atomic E-state index is 0.0630. The summed E-state index contributed by atoms with van der Waals surface area (Å²) in [4.78, 5) is 29.1. The Hall–Kier alpha value is -2.70. The van der Waals surface area contributed by atoms with Gasteiger partial charge in [0.05, 0.1) is 18.7 Å². The number of amides is 3. The minimum atomic E-state index is -2.65. The molecule has 0 fully saturated rings. The normalized spacial score (nSPS) is 11.8. The number of rotatable bonds is 19. The van der Waals surface area contributed by atoms with Crippen molar-refractivity contribution in [2.24, 2.45) is 0 Å². The molecule has 0 aliphatic rings. The molecule has 0 saturated carbocycles. The molecule has 0 atom stereocenters. The molecule has 3 N–H and O–H groups in total. The first-order valence-corrected chi connectivity index (χ1v) is 17.3. The Labute approximate surface area is 245 Å². The highest BCUT2D eigenvalue weighted by molar-refractivity contribution is 6.60. The first kappa shape index (κ1) is 34.5. The molecule has 12 nitrogen and oxygen atoms in total. The second kappa shape index (κ2) is 18.0. The van der Waals surface area contributed by atoms with Crippen molar-refractivity contribution in [1.82, 2.24) is 20.9 Å². The van der Waals surface area contributed by atoms with E-state index in [1.165, 1.54) is 0 Å². The molecule has 2 rings (SSSR count). The van der Waals surface area contributed by atoms with Gasteiger partial charge in [-0.3, -0.25) is 9.78 Å². The van der Waals surface area contributed by atoms with E-state index in [2.05, 4.69) is 20.9 Å². The summed E-state index contributed by atoms with van der Waals surface area (Å²) in [5.74, 6) is -0.0630. The van der Waals surface area contributed by atoms with E-state index in [-0.39, 0.29) is 24.9 Å². The van der Waals surface area contributed by atoms with Crippen LogP contribution < -0.4 is 16.0 Å². The fourth-order valence-corrected chi connectivity index (χ4v) is 7.69. The van der Waals surface area contributed by atoms with Gasteiger partial charge in [-0.25, -0.2) is 4.79 Å². The fraction of sp³-hybridized carbons (Fsp3) is 0.519. The molecule has 1 aromatic heterocycles. The van der Waals surface area contributed by atoms with E-state index in [0.29, 0.717) is 43.7 Å². The van der Waals surface area contributed by atoms with Crippen LogP contribution in [0.3, 0.4) is 0 Å². The molecular weight excluding hydrogens is 564 g/mol. The maximum atomic E-state index is 12.5. The van der Waals surface area contributed by atoms with Gasteiger partial charge in [-0.2, -0.15) is 0 Å². The van der Waals surface area contributed by atoms with Crippen molar-refractivity contribution in [3.63, 3.8) is 0 Å². The van der Waals surface area contributed by atoms with Crippen molar-refractivity contribution in [1.29, 1.82) is 0 Å². The van der Waals surface area contributed by atoms with Gasteiger partial charge in [-0.05, 0) is 41.7 Å².